The van der Waals surface area contributed by atoms with Crippen LogP contribution in [-0.4, -0.2) is 34.9 Å². The Morgan fingerprint density at radius 3 is 2.52 bits per heavy atom. The average Bonchev–Trinajstić information content (AvgIpc) is 3.24. The van der Waals surface area contributed by atoms with Gasteiger partial charge in [0.05, 0.1) is 10.9 Å². The Bertz CT molecular complexity index is 1070. The molecule has 2 saturated heterocycles. The first kappa shape index (κ1) is 15.9. The summed E-state index contributed by atoms with van der Waals surface area (Å²) in [6.45, 7) is 1.19. The molecule has 27 heavy (non-hydrogen) atoms. The number of carbonyl (C=O) groups is 2. The van der Waals surface area contributed by atoms with E-state index in [1.54, 1.807) is 0 Å². The molecule has 1 N–H and O–H groups in total. The highest BCUT2D eigenvalue weighted by molar-refractivity contribution is 6.06. The van der Waals surface area contributed by atoms with Gasteiger partial charge in [-0.3, -0.25) is 14.9 Å². The molecule has 0 bridgehead atoms. The van der Waals surface area contributed by atoms with Crippen LogP contribution < -0.4 is 10.2 Å². The minimum atomic E-state index is -0.629. The van der Waals surface area contributed by atoms with Crippen molar-refractivity contribution in [2.24, 2.45) is 5.41 Å². The van der Waals surface area contributed by atoms with Crippen LogP contribution in [0.1, 0.15) is 12.8 Å². The molecule has 2 amide bonds. The van der Waals surface area contributed by atoms with Crippen LogP contribution in [-0.2, 0) is 9.59 Å². The Hall–Kier alpha value is -3.28. The first-order valence-electron chi connectivity index (χ1n) is 9.06. The second-order valence-corrected chi connectivity index (χ2v) is 7.26. The van der Waals surface area contributed by atoms with Crippen LogP contribution in [0.25, 0.3) is 22.3 Å². The molecule has 1 aromatic heterocycles. The van der Waals surface area contributed by atoms with Crippen LogP contribution in [0, 0.1) is 5.41 Å². The summed E-state index contributed by atoms with van der Waals surface area (Å²) in [5.74, 6) is 1.15. The molecule has 134 valence electrons. The second-order valence-electron chi connectivity index (χ2n) is 7.26. The summed E-state index contributed by atoms with van der Waals surface area (Å²) in [7, 11) is 0. The number of imide groups is 1. The number of anilines is 1. The molecule has 1 spiro atoms. The van der Waals surface area contributed by atoms with Crippen molar-refractivity contribution in [3.8, 4) is 11.4 Å². The van der Waals surface area contributed by atoms with E-state index >= 15 is 0 Å². The maximum Gasteiger partial charge on any atom is 0.235 e. The van der Waals surface area contributed by atoms with Crippen LogP contribution in [0.4, 0.5) is 5.82 Å². The Morgan fingerprint density at radius 2 is 1.74 bits per heavy atom. The van der Waals surface area contributed by atoms with Crippen molar-refractivity contribution in [3.63, 3.8) is 0 Å². The lowest BCUT2D eigenvalue weighted by atomic mass is 9.85. The molecule has 2 aliphatic heterocycles. The van der Waals surface area contributed by atoms with E-state index in [9.17, 15) is 9.59 Å². The number of fused-ring (bicyclic) bond motifs is 1. The van der Waals surface area contributed by atoms with Gasteiger partial charge in [0.1, 0.15) is 5.82 Å². The molecule has 0 unspecified atom stereocenters. The molecule has 5 rings (SSSR count). The number of carbonyl (C=O) groups excluding carboxylic acids is 2. The normalized spacial score (nSPS) is 22.0. The summed E-state index contributed by atoms with van der Waals surface area (Å²) >= 11 is 0. The predicted octanol–water partition coefficient (Wildman–Crippen LogP) is 2.54. The first-order chi connectivity index (χ1) is 13.1. The fourth-order valence-electron chi connectivity index (χ4n) is 4.09. The van der Waals surface area contributed by atoms with Gasteiger partial charge in [-0.25, -0.2) is 9.97 Å². The van der Waals surface area contributed by atoms with Crippen molar-refractivity contribution >= 4 is 28.5 Å². The van der Waals surface area contributed by atoms with E-state index in [4.69, 9.17) is 9.97 Å². The molecule has 1 atom stereocenters. The summed E-state index contributed by atoms with van der Waals surface area (Å²) < 4.78 is 0. The molecule has 2 aliphatic rings. The van der Waals surface area contributed by atoms with Crippen molar-refractivity contribution in [1.29, 1.82) is 0 Å². The lowest BCUT2D eigenvalue weighted by Crippen LogP contribution is -2.34. The van der Waals surface area contributed by atoms with Gasteiger partial charge in [-0.1, -0.05) is 42.5 Å². The Labute approximate surface area is 156 Å². The maximum absolute atomic E-state index is 12.3. The summed E-state index contributed by atoms with van der Waals surface area (Å²) in [6.07, 6.45) is 0.917. The van der Waals surface area contributed by atoms with Gasteiger partial charge in [0, 0.05) is 30.5 Å². The zero-order valence-electron chi connectivity index (χ0n) is 14.7. The van der Waals surface area contributed by atoms with Crippen LogP contribution in [0.15, 0.2) is 54.6 Å². The number of para-hydroxylation sites is 1. The first-order valence-corrected chi connectivity index (χ1v) is 9.06. The number of rotatable bonds is 2. The van der Waals surface area contributed by atoms with Gasteiger partial charge in [-0.05, 0) is 18.6 Å². The van der Waals surface area contributed by atoms with Gasteiger partial charge >= 0.3 is 0 Å². The molecule has 3 heterocycles. The van der Waals surface area contributed by atoms with Gasteiger partial charge in [0.2, 0.25) is 11.8 Å². The van der Waals surface area contributed by atoms with E-state index in [2.05, 4.69) is 10.2 Å². The Balaban J connectivity index is 1.61. The van der Waals surface area contributed by atoms with E-state index in [0.29, 0.717) is 25.3 Å². The van der Waals surface area contributed by atoms with Gasteiger partial charge in [0.15, 0.2) is 5.82 Å². The third-order valence-corrected chi connectivity index (χ3v) is 5.50. The van der Waals surface area contributed by atoms with E-state index in [0.717, 1.165) is 22.3 Å². The maximum atomic E-state index is 12.3. The van der Waals surface area contributed by atoms with Crippen LogP contribution in [0.2, 0.25) is 0 Å². The molecular formula is C21H18N4O2. The molecule has 6 heteroatoms. The van der Waals surface area contributed by atoms with Crippen LogP contribution in [0.3, 0.4) is 0 Å². The second kappa shape index (κ2) is 5.87. The number of aromatic nitrogens is 2. The van der Waals surface area contributed by atoms with E-state index < -0.39 is 5.41 Å². The number of hydrogen-bond acceptors (Lipinski definition) is 5. The fourth-order valence-corrected chi connectivity index (χ4v) is 4.09. The molecule has 0 radical (unpaired) electrons. The molecule has 0 aliphatic carbocycles. The minimum absolute atomic E-state index is 0.156. The molecule has 0 saturated carbocycles. The van der Waals surface area contributed by atoms with Gasteiger partial charge in [0.25, 0.3) is 0 Å². The third-order valence-electron chi connectivity index (χ3n) is 5.50. The summed E-state index contributed by atoms with van der Waals surface area (Å²) in [4.78, 5) is 35.8. The number of nitrogens with zero attached hydrogens (tertiary/aromatic N) is 3. The van der Waals surface area contributed by atoms with Crippen molar-refractivity contribution < 1.29 is 9.59 Å². The van der Waals surface area contributed by atoms with Crippen molar-refractivity contribution in [2.75, 3.05) is 18.0 Å². The third kappa shape index (κ3) is 2.56. The number of nitrogens with one attached hydrogen (secondary N) is 1. The van der Waals surface area contributed by atoms with Gasteiger partial charge in [-0.2, -0.15) is 0 Å². The molecule has 6 nitrogen and oxygen atoms in total. The summed E-state index contributed by atoms with van der Waals surface area (Å²) in [5.41, 5.74) is 1.19. The lowest BCUT2D eigenvalue weighted by molar-refractivity contribution is -0.127. The van der Waals surface area contributed by atoms with Gasteiger partial charge in [-0.15, -0.1) is 0 Å². The molecule has 3 aromatic rings. The van der Waals surface area contributed by atoms with E-state index in [-0.39, 0.29) is 18.2 Å². The van der Waals surface area contributed by atoms with E-state index in [1.807, 2.05) is 54.6 Å². The topological polar surface area (TPSA) is 75.2 Å². The number of benzene rings is 2. The highest BCUT2D eigenvalue weighted by atomic mass is 16.2. The molecule has 2 fully saturated rings. The highest BCUT2D eigenvalue weighted by Crippen LogP contribution is 2.40. The summed E-state index contributed by atoms with van der Waals surface area (Å²) in [6, 6.07) is 17.8. The van der Waals surface area contributed by atoms with Crippen LogP contribution >= 0.6 is 0 Å². The Kier molecular flexibility index (Phi) is 3.47. The largest absolute Gasteiger partial charge is 0.355 e. The van der Waals surface area contributed by atoms with Crippen molar-refractivity contribution in [3.05, 3.63) is 54.6 Å². The number of hydrogen-bond donors (Lipinski definition) is 1. The molecule has 2 aromatic carbocycles. The highest BCUT2D eigenvalue weighted by Gasteiger charge is 2.51. The molecular weight excluding hydrogens is 340 g/mol. The van der Waals surface area contributed by atoms with Crippen molar-refractivity contribution in [1.82, 2.24) is 15.3 Å². The lowest BCUT2D eigenvalue weighted by Gasteiger charge is -2.22. The predicted molar refractivity (Wildman–Crippen MR) is 102 cm³/mol. The minimum Gasteiger partial charge on any atom is -0.355 e. The fraction of sp³-hybridized carbons (Fsp3) is 0.238. The van der Waals surface area contributed by atoms with E-state index in [1.165, 1.54) is 0 Å². The standard InChI is InChI=1S/C21H18N4O2/c26-17-12-21(20(27)23-17)10-11-25(13-21)19-15-8-4-5-9-16(15)22-18(24-19)14-6-2-1-3-7-14/h1-9H,10-13H2,(H,23,26,27)/t21-/m1/s1. The quantitative estimate of drug-likeness (QED) is 0.713. The van der Waals surface area contributed by atoms with Crippen molar-refractivity contribution in [2.45, 2.75) is 12.8 Å². The average molecular weight is 358 g/mol. The summed E-state index contributed by atoms with van der Waals surface area (Å²) in [5, 5.41) is 3.42. The van der Waals surface area contributed by atoms with Gasteiger partial charge < -0.3 is 4.90 Å². The van der Waals surface area contributed by atoms with Crippen LogP contribution in [0.5, 0.6) is 0 Å². The monoisotopic (exact) mass is 358 g/mol. The SMILES string of the molecule is O=C1C[C@@]2(CCN(c3nc(-c4ccccc4)nc4ccccc34)C2)C(=O)N1. The number of amides is 2. The zero-order chi connectivity index (χ0) is 18.4. The zero-order valence-corrected chi connectivity index (χ0v) is 14.7. The Morgan fingerprint density at radius 1 is 0.963 bits per heavy atom. The smallest absolute Gasteiger partial charge is 0.235 e.